The van der Waals surface area contributed by atoms with Crippen molar-refractivity contribution in [3.05, 3.63) is 23.8 Å². The van der Waals surface area contributed by atoms with Gasteiger partial charge in [0.05, 0.1) is 5.56 Å². The molecule has 0 aromatic heterocycles. The summed E-state index contributed by atoms with van der Waals surface area (Å²) >= 11 is 1.41. The second kappa shape index (κ2) is 4.18. The van der Waals surface area contributed by atoms with Crippen LogP contribution in [0.2, 0.25) is 0 Å². The number of hydrogen-bond acceptors (Lipinski definition) is 3. The lowest BCUT2D eigenvalue weighted by Gasteiger charge is -2.26. The van der Waals surface area contributed by atoms with Crippen molar-refractivity contribution < 1.29 is 13.2 Å². The van der Waals surface area contributed by atoms with Crippen LogP contribution in [0, 0.1) is 0 Å². The zero-order chi connectivity index (χ0) is 11.8. The third-order valence-electron chi connectivity index (χ3n) is 2.39. The van der Waals surface area contributed by atoms with Gasteiger partial charge in [0, 0.05) is 28.9 Å². The van der Waals surface area contributed by atoms with E-state index >= 15 is 0 Å². The summed E-state index contributed by atoms with van der Waals surface area (Å²) < 4.78 is 37.4. The van der Waals surface area contributed by atoms with Gasteiger partial charge in [-0.3, -0.25) is 0 Å². The van der Waals surface area contributed by atoms with Gasteiger partial charge in [0.1, 0.15) is 0 Å². The summed E-state index contributed by atoms with van der Waals surface area (Å²) in [7, 11) is 0. The Labute approximate surface area is 95.4 Å². The van der Waals surface area contributed by atoms with Crippen LogP contribution in [0.1, 0.15) is 5.56 Å². The summed E-state index contributed by atoms with van der Waals surface area (Å²) in [5.41, 5.74) is 5.63. The largest absolute Gasteiger partial charge is 0.416 e. The molecule has 2 rings (SSSR count). The molecule has 3 N–H and O–H groups in total. The highest BCUT2D eigenvalue weighted by molar-refractivity contribution is 7.99. The molecule has 0 fully saturated rings. The number of hydrogen-bond donors (Lipinski definition) is 2. The van der Waals surface area contributed by atoms with Crippen molar-refractivity contribution in [1.82, 2.24) is 0 Å². The Kier molecular flexibility index (Phi) is 3.03. The molecule has 1 aromatic carbocycles. The van der Waals surface area contributed by atoms with Crippen LogP contribution >= 0.6 is 11.8 Å². The molecule has 0 radical (unpaired) electrons. The van der Waals surface area contributed by atoms with Crippen molar-refractivity contribution in [2.75, 3.05) is 17.6 Å². The fraction of sp³-hybridized carbons (Fsp3) is 0.400. The predicted molar refractivity (Wildman–Crippen MR) is 58.6 cm³/mol. The number of rotatable bonds is 1. The van der Waals surface area contributed by atoms with Crippen LogP contribution < -0.4 is 11.1 Å². The molecule has 0 amide bonds. The molecule has 1 atom stereocenters. The van der Waals surface area contributed by atoms with Gasteiger partial charge < -0.3 is 11.1 Å². The monoisotopic (exact) mass is 248 g/mol. The minimum Gasteiger partial charge on any atom is -0.379 e. The lowest BCUT2D eigenvalue weighted by Crippen LogP contribution is -2.33. The van der Waals surface area contributed by atoms with E-state index in [0.717, 1.165) is 11.8 Å². The summed E-state index contributed by atoms with van der Waals surface area (Å²) in [5, 5.41) is 3.11. The highest BCUT2D eigenvalue weighted by Gasteiger charge is 2.31. The number of alkyl halides is 3. The highest BCUT2D eigenvalue weighted by Crippen LogP contribution is 2.38. The van der Waals surface area contributed by atoms with Crippen LogP contribution in [0.15, 0.2) is 23.1 Å². The van der Waals surface area contributed by atoms with E-state index < -0.39 is 11.7 Å². The SMILES string of the molecule is NCC1CSc2cc(C(F)(F)F)ccc2N1. The van der Waals surface area contributed by atoms with E-state index in [9.17, 15) is 13.2 Å². The van der Waals surface area contributed by atoms with Gasteiger partial charge in [0.2, 0.25) is 0 Å². The fourth-order valence-electron chi connectivity index (χ4n) is 1.52. The van der Waals surface area contributed by atoms with Gasteiger partial charge in [0.15, 0.2) is 0 Å². The molecule has 0 spiro atoms. The molecule has 1 aliphatic heterocycles. The number of anilines is 1. The van der Waals surface area contributed by atoms with Gasteiger partial charge in [-0.05, 0) is 18.2 Å². The van der Waals surface area contributed by atoms with E-state index in [2.05, 4.69) is 5.32 Å². The molecule has 6 heteroatoms. The molecule has 0 bridgehead atoms. The van der Waals surface area contributed by atoms with Crippen LogP contribution in [0.5, 0.6) is 0 Å². The zero-order valence-electron chi connectivity index (χ0n) is 8.34. The van der Waals surface area contributed by atoms with Crippen molar-refractivity contribution in [3.63, 3.8) is 0 Å². The molecule has 1 aromatic rings. The minimum absolute atomic E-state index is 0.134. The van der Waals surface area contributed by atoms with Gasteiger partial charge >= 0.3 is 6.18 Å². The Bertz CT molecular complexity index is 392. The molecule has 1 aliphatic rings. The van der Waals surface area contributed by atoms with Crippen molar-refractivity contribution in [2.45, 2.75) is 17.1 Å². The molecule has 0 saturated carbocycles. The van der Waals surface area contributed by atoms with Gasteiger partial charge in [-0.2, -0.15) is 13.2 Å². The molecule has 0 aliphatic carbocycles. The smallest absolute Gasteiger partial charge is 0.379 e. The fourth-order valence-corrected chi connectivity index (χ4v) is 2.61. The number of thioether (sulfide) groups is 1. The number of nitrogens with two attached hydrogens (primary N) is 1. The highest BCUT2D eigenvalue weighted by atomic mass is 32.2. The van der Waals surface area contributed by atoms with E-state index in [1.54, 1.807) is 0 Å². The average molecular weight is 248 g/mol. The molecule has 1 heterocycles. The first-order valence-electron chi connectivity index (χ1n) is 4.81. The Morgan fingerprint density at radius 1 is 1.44 bits per heavy atom. The summed E-state index contributed by atoms with van der Waals surface area (Å²) in [5.74, 6) is 0.699. The Morgan fingerprint density at radius 2 is 2.19 bits per heavy atom. The van der Waals surface area contributed by atoms with E-state index in [1.165, 1.54) is 23.9 Å². The number of fused-ring (bicyclic) bond motifs is 1. The molecule has 16 heavy (non-hydrogen) atoms. The van der Waals surface area contributed by atoms with Crippen molar-refractivity contribution in [3.8, 4) is 0 Å². The third kappa shape index (κ3) is 2.27. The molecule has 0 saturated heterocycles. The first-order chi connectivity index (χ1) is 7.50. The van der Waals surface area contributed by atoms with E-state index in [-0.39, 0.29) is 6.04 Å². The average Bonchev–Trinajstić information content (AvgIpc) is 2.26. The molecule has 88 valence electrons. The standard InChI is InChI=1S/C10H11F3N2S/c11-10(12,13)6-1-2-8-9(3-6)16-5-7(4-14)15-8/h1-3,7,15H,4-5,14H2. The van der Waals surface area contributed by atoms with Crippen LogP contribution in [-0.2, 0) is 6.18 Å². The van der Waals surface area contributed by atoms with Gasteiger partial charge in [-0.25, -0.2) is 0 Å². The van der Waals surface area contributed by atoms with Crippen LogP contribution in [0.25, 0.3) is 0 Å². The maximum absolute atomic E-state index is 12.5. The second-order valence-corrected chi connectivity index (χ2v) is 4.66. The van der Waals surface area contributed by atoms with Crippen molar-refractivity contribution in [2.24, 2.45) is 5.73 Å². The molecular formula is C10H11F3N2S. The van der Waals surface area contributed by atoms with Crippen LogP contribution in [0.3, 0.4) is 0 Å². The topological polar surface area (TPSA) is 38.0 Å². The van der Waals surface area contributed by atoms with Gasteiger partial charge in [0.25, 0.3) is 0 Å². The van der Waals surface area contributed by atoms with Crippen LogP contribution in [0.4, 0.5) is 18.9 Å². The lowest BCUT2D eigenvalue weighted by molar-refractivity contribution is -0.137. The molecule has 2 nitrogen and oxygen atoms in total. The molecule has 1 unspecified atom stereocenters. The van der Waals surface area contributed by atoms with E-state index in [4.69, 9.17) is 5.73 Å². The number of halogens is 3. The normalized spacial score (nSPS) is 20.1. The number of benzene rings is 1. The molecular weight excluding hydrogens is 237 g/mol. The van der Waals surface area contributed by atoms with Gasteiger partial charge in [-0.1, -0.05) is 0 Å². The second-order valence-electron chi connectivity index (χ2n) is 3.60. The first-order valence-corrected chi connectivity index (χ1v) is 5.80. The quantitative estimate of drug-likeness (QED) is 0.802. The van der Waals surface area contributed by atoms with Crippen molar-refractivity contribution in [1.29, 1.82) is 0 Å². The van der Waals surface area contributed by atoms with Crippen LogP contribution in [-0.4, -0.2) is 18.3 Å². The summed E-state index contributed by atoms with van der Waals surface area (Å²) in [6, 6.07) is 3.87. The lowest BCUT2D eigenvalue weighted by atomic mass is 10.2. The summed E-state index contributed by atoms with van der Waals surface area (Å²) in [6.45, 7) is 0.480. The maximum atomic E-state index is 12.5. The predicted octanol–water partition coefficient (Wildman–Crippen LogP) is 2.55. The van der Waals surface area contributed by atoms with Gasteiger partial charge in [-0.15, -0.1) is 11.8 Å². The zero-order valence-corrected chi connectivity index (χ0v) is 9.16. The van der Waals surface area contributed by atoms with E-state index in [1.807, 2.05) is 0 Å². The third-order valence-corrected chi connectivity index (χ3v) is 3.61. The Hall–Kier alpha value is -0.880. The minimum atomic E-state index is -4.28. The Balaban J connectivity index is 2.28. The Morgan fingerprint density at radius 3 is 2.81 bits per heavy atom. The number of nitrogens with one attached hydrogen (secondary N) is 1. The maximum Gasteiger partial charge on any atom is 0.416 e. The summed E-state index contributed by atoms with van der Waals surface area (Å²) in [4.78, 5) is 0.638. The summed E-state index contributed by atoms with van der Waals surface area (Å²) in [6.07, 6.45) is -4.28. The van der Waals surface area contributed by atoms with E-state index in [0.29, 0.717) is 17.2 Å². The van der Waals surface area contributed by atoms with Crippen molar-refractivity contribution >= 4 is 17.4 Å². The first kappa shape index (κ1) is 11.6.